The van der Waals surface area contributed by atoms with Crippen LogP contribution in [-0.2, 0) is 25.7 Å². The van der Waals surface area contributed by atoms with Gasteiger partial charge >= 0.3 is 12.1 Å². The molecule has 0 radical (unpaired) electrons. The van der Waals surface area contributed by atoms with Crippen LogP contribution in [0.4, 0.5) is 20.6 Å². The molecule has 274 valence electrons. The normalized spacial score (nSPS) is 17.3. The van der Waals surface area contributed by atoms with E-state index in [1.807, 2.05) is 45.9 Å². The highest BCUT2D eigenvalue weighted by atomic mass is 19.1. The predicted octanol–water partition coefficient (Wildman–Crippen LogP) is 7.61. The molecular weight excluding hydrogens is 657 g/mol. The summed E-state index contributed by atoms with van der Waals surface area (Å²) in [4.78, 5) is 42.5. The van der Waals surface area contributed by atoms with Gasteiger partial charge in [0.15, 0.2) is 0 Å². The Morgan fingerprint density at radius 3 is 2.47 bits per heavy atom. The van der Waals surface area contributed by atoms with Gasteiger partial charge in [0.05, 0.1) is 18.5 Å². The van der Waals surface area contributed by atoms with E-state index in [0.717, 1.165) is 16.8 Å². The molecule has 12 heteroatoms. The molecule has 3 aromatic rings. The molecule has 0 saturated carbocycles. The summed E-state index contributed by atoms with van der Waals surface area (Å²) in [7, 11) is 3.26. The van der Waals surface area contributed by atoms with Crippen molar-refractivity contribution in [2.75, 3.05) is 30.9 Å². The van der Waals surface area contributed by atoms with Gasteiger partial charge in [-0.2, -0.15) is 0 Å². The van der Waals surface area contributed by atoms with Crippen LogP contribution in [0.2, 0.25) is 0 Å². The minimum atomic E-state index is -0.926. The van der Waals surface area contributed by atoms with E-state index in [1.165, 1.54) is 24.1 Å². The molecule has 11 nitrogen and oxygen atoms in total. The first kappa shape index (κ1) is 37.3. The Hall–Kier alpha value is -5.00. The molecule has 2 atom stereocenters. The van der Waals surface area contributed by atoms with Gasteiger partial charge in [-0.1, -0.05) is 19.1 Å². The molecule has 1 saturated heterocycles. The number of methoxy groups -OCH3 is 1. The number of hydrogen-bond acceptors (Lipinski definition) is 9. The number of aryl methyl sites for hydroxylation is 1. The standard InChI is InChI=1S/C39H48FN3O8/c1-10-33(50-35(44)30-12-11-19-43(30)37(46)51-38(3,4)5)49-25-15-16-27(32(21-25)47-9)26-17-18-29-34(42(8)36(45)39(6,7)41-29)28(26)22-48-31-20-24(40)14-13-23(31)2/h13-18,20-21,30,33,41H,10-12,19,22H2,1-9H3/t30-,33?/m0/s1. The minimum Gasteiger partial charge on any atom is -0.496 e. The third kappa shape index (κ3) is 8.16. The van der Waals surface area contributed by atoms with Crippen LogP contribution in [0, 0.1) is 12.7 Å². The number of anilines is 2. The van der Waals surface area contributed by atoms with Gasteiger partial charge < -0.3 is 33.9 Å². The van der Waals surface area contributed by atoms with Gasteiger partial charge in [-0.15, -0.1) is 0 Å². The molecule has 2 aliphatic heterocycles. The number of likely N-dealkylation sites (tertiary alicyclic amines) is 1. The molecule has 0 aromatic heterocycles. The molecule has 1 fully saturated rings. The van der Waals surface area contributed by atoms with Gasteiger partial charge in [-0.25, -0.2) is 14.0 Å². The van der Waals surface area contributed by atoms with Gasteiger partial charge in [-0.3, -0.25) is 9.69 Å². The van der Waals surface area contributed by atoms with Crippen LogP contribution in [0.15, 0.2) is 48.5 Å². The van der Waals surface area contributed by atoms with E-state index in [4.69, 9.17) is 23.7 Å². The van der Waals surface area contributed by atoms with Crippen molar-refractivity contribution in [3.63, 3.8) is 0 Å². The van der Waals surface area contributed by atoms with Crippen molar-refractivity contribution in [1.29, 1.82) is 0 Å². The lowest BCUT2D eigenvalue weighted by atomic mass is 9.91. The van der Waals surface area contributed by atoms with Crippen LogP contribution < -0.4 is 24.4 Å². The first-order chi connectivity index (χ1) is 24.0. The number of benzene rings is 3. The zero-order valence-electron chi connectivity index (χ0n) is 30.8. The molecule has 2 amide bonds. The Labute approximate surface area is 298 Å². The molecule has 5 rings (SSSR count). The summed E-state index contributed by atoms with van der Waals surface area (Å²) in [5.74, 6) is 0.140. The summed E-state index contributed by atoms with van der Waals surface area (Å²) in [6, 6.07) is 12.7. The van der Waals surface area contributed by atoms with Gasteiger partial charge in [0.1, 0.15) is 46.9 Å². The van der Waals surface area contributed by atoms with E-state index in [0.29, 0.717) is 59.9 Å². The largest absolute Gasteiger partial charge is 0.496 e. The molecular formula is C39H48FN3O8. The fourth-order valence-electron chi connectivity index (χ4n) is 6.38. The van der Waals surface area contributed by atoms with E-state index in [2.05, 4.69) is 5.32 Å². The first-order valence-electron chi connectivity index (χ1n) is 17.2. The molecule has 0 aliphatic carbocycles. The lowest BCUT2D eigenvalue weighted by molar-refractivity contribution is -0.169. The molecule has 1 unspecified atom stereocenters. The number of nitrogens with zero attached hydrogens (tertiary/aromatic N) is 2. The van der Waals surface area contributed by atoms with Crippen molar-refractivity contribution in [3.05, 3.63) is 65.5 Å². The van der Waals surface area contributed by atoms with Crippen LogP contribution in [-0.4, -0.2) is 67.0 Å². The number of esters is 1. The van der Waals surface area contributed by atoms with Gasteiger partial charge in [0.2, 0.25) is 6.29 Å². The van der Waals surface area contributed by atoms with Crippen molar-refractivity contribution in [2.45, 2.75) is 97.8 Å². The Bertz CT molecular complexity index is 1800. The predicted molar refractivity (Wildman–Crippen MR) is 192 cm³/mol. The van der Waals surface area contributed by atoms with Crippen LogP contribution in [0.25, 0.3) is 11.1 Å². The number of likely N-dealkylation sites (N-methyl/N-ethyl adjacent to an activating group) is 1. The monoisotopic (exact) mass is 705 g/mol. The second kappa shape index (κ2) is 14.7. The Morgan fingerprint density at radius 2 is 1.78 bits per heavy atom. The fourth-order valence-corrected chi connectivity index (χ4v) is 6.38. The number of nitrogens with one attached hydrogen (secondary N) is 1. The van der Waals surface area contributed by atoms with Gasteiger partial charge in [0, 0.05) is 43.3 Å². The van der Waals surface area contributed by atoms with Crippen molar-refractivity contribution in [2.24, 2.45) is 0 Å². The summed E-state index contributed by atoms with van der Waals surface area (Å²) in [6.07, 6.45) is 0.000680. The topological polar surface area (TPSA) is 116 Å². The Balaban J connectivity index is 1.43. The molecule has 0 spiro atoms. The lowest BCUT2D eigenvalue weighted by Gasteiger charge is -2.39. The zero-order valence-corrected chi connectivity index (χ0v) is 30.8. The third-order valence-electron chi connectivity index (χ3n) is 8.89. The number of rotatable bonds is 10. The summed E-state index contributed by atoms with van der Waals surface area (Å²) >= 11 is 0. The quantitative estimate of drug-likeness (QED) is 0.168. The highest BCUT2D eigenvalue weighted by molar-refractivity contribution is 6.08. The Morgan fingerprint density at radius 1 is 1.06 bits per heavy atom. The number of halogens is 1. The van der Waals surface area contributed by atoms with E-state index < -0.39 is 41.4 Å². The van der Waals surface area contributed by atoms with Crippen molar-refractivity contribution in [3.8, 4) is 28.4 Å². The van der Waals surface area contributed by atoms with E-state index in [9.17, 15) is 18.8 Å². The molecule has 0 bridgehead atoms. The summed E-state index contributed by atoms with van der Waals surface area (Å²) in [5.41, 5.74) is 2.74. The van der Waals surface area contributed by atoms with E-state index in [1.54, 1.807) is 50.9 Å². The SMILES string of the molecule is CCC(OC(=O)[C@@H]1CCCN1C(=O)OC(C)(C)C)Oc1ccc(-c2ccc3c(c2COc2cc(F)ccc2C)N(C)C(=O)C(C)(C)N3)c(OC)c1. The first-order valence-corrected chi connectivity index (χ1v) is 17.2. The molecule has 2 aliphatic rings. The highest BCUT2D eigenvalue weighted by Gasteiger charge is 2.40. The van der Waals surface area contributed by atoms with Gasteiger partial charge in [-0.05, 0) is 89.8 Å². The van der Waals surface area contributed by atoms with Crippen molar-refractivity contribution < 1.29 is 42.5 Å². The number of hydrogen-bond donors (Lipinski definition) is 1. The second-order valence-corrected chi connectivity index (χ2v) is 14.4. The Kier molecular flexibility index (Phi) is 10.7. The average molecular weight is 706 g/mol. The molecule has 1 N–H and O–H groups in total. The van der Waals surface area contributed by atoms with Crippen molar-refractivity contribution in [1.82, 2.24) is 4.90 Å². The molecule has 2 heterocycles. The maximum absolute atomic E-state index is 14.2. The summed E-state index contributed by atoms with van der Waals surface area (Å²) < 4.78 is 43.6. The minimum absolute atomic E-state index is 0.0271. The average Bonchev–Trinajstić information content (AvgIpc) is 3.57. The summed E-state index contributed by atoms with van der Waals surface area (Å²) in [6.45, 7) is 13.1. The van der Waals surface area contributed by atoms with E-state index in [-0.39, 0.29) is 12.5 Å². The maximum atomic E-state index is 14.2. The van der Waals surface area contributed by atoms with Gasteiger partial charge in [0.25, 0.3) is 5.91 Å². The smallest absolute Gasteiger partial charge is 0.411 e. The van der Waals surface area contributed by atoms with Crippen LogP contribution in [0.3, 0.4) is 0 Å². The number of carbonyl (C=O) groups is 3. The molecule has 51 heavy (non-hydrogen) atoms. The molecule has 3 aromatic carbocycles. The van der Waals surface area contributed by atoms with Crippen LogP contribution in [0.1, 0.15) is 71.9 Å². The lowest BCUT2D eigenvalue weighted by Crippen LogP contribution is -2.52. The number of carbonyl (C=O) groups excluding carboxylic acids is 3. The van der Waals surface area contributed by atoms with Crippen molar-refractivity contribution >= 4 is 29.3 Å². The third-order valence-corrected chi connectivity index (χ3v) is 8.89. The highest BCUT2D eigenvalue weighted by Crippen LogP contribution is 2.45. The summed E-state index contributed by atoms with van der Waals surface area (Å²) in [5, 5.41) is 3.35. The maximum Gasteiger partial charge on any atom is 0.411 e. The number of ether oxygens (including phenoxy) is 5. The fraction of sp³-hybridized carbons (Fsp3) is 0.462. The number of fused-ring (bicyclic) bond motifs is 1. The zero-order chi connectivity index (χ0) is 37.2. The van der Waals surface area contributed by atoms with Crippen LogP contribution >= 0.6 is 0 Å². The van der Waals surface area contributed by atoms with Crippen LogP contribution in [0.5, 0.6) is 17.2 Å². The van der Waals surface area contributed by atoms with E-state index >= 15 is 0 Å². The number of amides is 2. The second-order valence-electron chi connectivity index (χ2n) is 14.4.